The summed E-state index contributed by atoms with van der Waals surface area (Å²) in [4.78, 5) is 0. The molecule has 0 amide bonds. The first-order valence-corrected chi connectivity index (χ1v) is 6.05. The van der Waals surface area contributed by atoms with Gasteiger partial charge in [-0.1, -0.05) is 6.42 Å². The van der Waals surface area contributed by atoms with Crippen LogP contribution in [-0.4, -0.2) is 16.3 Å². The molecule has 0 saturated heterocycles. The smallest absolute Gasteiger partial charge is 0.432 e. The van der Waals surface area contributed by atoms with E-state index in [0.29, 0.717) is 11.7 Å². The van der Waals surface area contributed by atoms with Crippen LogP contribution in [0.3, 0.4) is 0 Å². The Morgan fingerprint density at radius 3 is 2.72 bits per heavy atom. The van der Waals surface area contributed by atoms with E-state index in [2.05, 4.69) is 5.10 Å². The fourth-order valence-corrected chi connectivity index (χ4v) is 2.60. The Morgan fingerprint density at radius 1 is 1.28 bits per heavy atom. The van der Waals surface area contributed by atoms with Gasteiger partial charge in [0.05, 0.1) is 0 Å². The molecule has 2 heterocycles. The number of hydrogen-bond acceptors (Lipinski definition) is 2. The van der Waals surface area contributed by atoms with Crippen molar-refractivity contribution in [2.24, 2.45) is 5.92 Å². The van der Waals surface area contributed by atoms with E-state index in [1.165, 1.54) is 0 Å². The molecule has 3 rings (SSSR count). The molecule has 1 aromatic heterocycles. The van der Waals surface area contributed by atoms with Crippen molar-refractivity contribution >= 4 is 5.76 Å². The number of alkyl halides is 3. The molecule has 2 unspecified atom stereocenters. The number of H-pyrrole nitrogens is 1. The van der Waals surface area contributed by atoms with Gasteiger partial charge in [-0.05, 0) is 31.4 Å². The lowest BCUT2D eigenvalue weighted by Gasteiger charge is -2.23. The summed E-state index contributed by atoms with van der Waals surface area (Å²) >= 11 is 0. The highest BCUT2D eigenvalue weighted by Gasteiger charge is 2.36. The first-order chi connectivity index (χ1) is 8.54. The van der Waals surface area contributed by atoms with Crippen LogP contribution < -0.4 is 0 Å². The van der Waals surface area contributed by atoms with Gasteiger partial charge in [0, 0.05) is 5.92 Å². The molecule has 0 aromatic carbocycles. The predicted molar refractivity (Wildman–Crippen MR) is 58.4 cm³/mol. The maximum absolute atomic E-state index is 12.5. The summed E-state index contributed by atoms with van der Waals surface area (Å²) in [5.41, 5.74) is -0.589. The van der Waals surface area contributed by atoms with Crippen LogP contribution in [0.15, 0.2) is 12.1 Å². The van der Waals surface area contributed by atoms with Gasteiger partial charge in [-0.15, -0.1) is 0 Å². The van der Waals surface area contributed by atoms with Gasteiger partial charge >= 0.3 is 6.18 Å². The molecule has 18 heavy (non-hydrogen) atoms. The van der Waals surface area contributed by atoms with Gasteiger partial charge in [-0.2, -0.15) is 18.3 Å². The van der Waals surface area contributed by atoms with Crippen molar-refractivity contribution in [3.8, 4) is 0 Å². The lowest BCUT2D eigenvalue weighted by atomic mass is 9.87. The Kier molecular flexibility index (Phi) is 2.60. The number of ether oxygens (including phenoxy) is 1. The van der Waals surface area contributed by atoms with E-state index in [4.69, 9.17) is 4.74 Å². The molecule has 1 aliphatic heterocycles. The topological polar surface area (TPSA) is 37.9 Å². The highest BCUT2D eigenvalue weighted by molar-refractivity contribution is 5.59. The molecule has 1 saturated carbocycles. The van der Waals surface area contributed by atoms with Gasteiger partial charge in [-0.3, -0.25) is 5.10 Å². The Hall–Kier alpha value is -1.46. The van der Waals surface area contributed by atoms with E-state index in [1.54, 1.807) is 0 Å². The van der Waals surface area contributed by atoms with E-state index in [9.17, 15) is 13.2 Å². The number of aromatic nitrogens is 2. The Labute approximate surface area is 102 Å². The van der Waals surface area contributed by atoms with Gasteiger partial charge in [0.2, 0.25) is 0 Å². The third-order valence-electron chi connectivity index (χ3n) is 3.53. The number of rotatable bonds is 1. The van der Waals surface area contributed by atoms with Crippen LogP contribution in [0.5, 0.6) is 0 Å². The van der Waals surface area contributed by atoms with Crippen molar-refractivity contribution in [1.29, 1.82) is 0 Å². The highest BCUT2D eigenvalue weighted by atomic mass is 19.4. The molecule has 0 radical (unpaired) electrons. The zero-order valence-electron chi connectivity index (χ0n) is 9.63. The molecule has 1 N–H and O–H groups in total. The summed E-state index contributed by atoms with van der Waals surface area (Å²) < 4.78 is 43.0. The fraction of sp³-hybridized carbons (Fsp3) is 0.583. The third-order valence-corrected chi connectivity index (χ3v) is 3.53. The minimum atomic E-state index is -4.39. The van der Waals surface area contributed by atoms with Crippen LogP contribution in [0.2, 0.25) is 0 Å². The Morgan fingerprint density at radius 2 is 2.06 bits per heavy atom. The van der Waals surface area contributed by atoms with Crippen molar-refractivity contribution in [1.82, 2.24) is 10.2 Å². The molecule has 1 aromatic rings. The number of nitrogens with zero attached hydrogens (tertiary/aromatic N) is 1. The van der Waals surface area contributed by atoms with E-state index in [-0.39, 0.29) is 11.8 Å². The number of aromatic amines is 1. The molecule has 2 atom stereocenters. The summed E-state index contributed by atoms with van der Waals surface area (Å²) in [6.07, 6.45) is 1.95. The minimum absolute atomic E-state index is 0.125. The largest absolute Gasteiger partial charge is 0.488 e. The summed E-state index contributed by atoms with van der Waals surface area (Å²) in [6.45, 7) is 0. The van der Waals surface area contributed by atoms with Crippen molar-refractivity contribution in [3.63, 3.8) is 0 Å². The molecule has 3 nitrogen and oxygen atoms in total. The van der Waals surface area contributed by atoms with Gasteiger partial charge in [0.1, 0.15) is 23.3 Å². The van der Waals surface area contributed by atoms with Gasteiger partial charge < -0.3 is 4.74 Å². The standard InChI is InChI=1S/C12H13F3N2O/c13-12(14,15)11-6-8(16-17-11)10-5-7-3-1-2-4-9(7)18-10/h5-7,9H,1-4H2,(H,16,17). The molecule has 0 spiro atoms. The zero-order valence-corrected chi connectivity index (χ0v) is 9.63. The number of fused-ring (bicyclic) bond motifs is 1. The third kappa shape index (κ3) is 2.00. The first-order valence-electron chi connectivity index (χ1n) is 6.05. The molecule has 1 fully saturated rings. The van der Waals surface area contributed by atoms with Crippen molar-refractivity contribution in [2.75, 3.05) is 0 Å². The highest BCUT2D eigenvalue weighted by Crippen LogP contribution is 2.39. The average Bonchev–Trinajstić information content (AvgIpc) is 2.94. The molecule has 2 aliphatic rings. The van der Waals surface area contributed by atoms with Gasteiger partial charge in [-0.25, -0.2) is 0 Å². The van der Waals surface area contributed by atoms with Crippen LogP contribution in [0, 0.1) is 5.92 Å². The van der Waals surface area contributed by atoms with Crippen LogP contribution in [-0.2, 0) is 10.9 Å². The number of hydrogen-bond donors (Lipinski definition) is 1. The monoisotopic (exact) mass is 258 g/mol. The van der Waals surface area contributed by atoms with Gasteiger partial charge in [0.25, 0.3) is 0 Å². The number of nitrogens with one attached hydrogen (secondary N) is 1. The second-order valence-electron chi connectivity index (χ2n) is 4.80. The van der Waals surface area contributed by atoms with Crippen LogP contribution >= 0.6 is 0 Å². The van der Waals surface area contributed by atoms with Gasteiger partial charge in [0.15, 0.2) is 0 Å². The van der Waals surface area contributed by atoms with E-state index in [0.717, 1.165) is 31.7 Å². The average molecular weight is 258 g/mol. The normalized spacial score (nSPS) is 27.6. The molecule has 1 aliphatic carbocycles. The quantitative estimate of drug-likeness (QED) is 0.838. The molecule has 98 valence electrons. The molecule has 0 bridgehead atoms. The van der Waals surface area contributed by atoms with E-state index >= 15 is 0 Å². The van der Waals surface area contributed by atoms with Crippen molar-refractivity contribution in [3.05, 3.63) is 23.5 Å². The summed E-state index contributed by atoms with van der Waals surface area (Å²) in [5, 5.41) is 5.69. The van der Waals surface area contributed by atoms with Crippen molar-refractivity contribution < 1.29 is 17.9 Å². The maximum Gasteiger partial charge on any atom is 0.432 e. The van der Waals surface area contributed by atoms with Crippen molar-refractivity contribution in [2.45, 2.75) is 38.0 Å². The summed E-state index contributed by atoms with van der Waals surface area (Å²) in [5.74, 6) is 0.818. The number of halogens is 3. The second-order valence-corrected chi connectivity index (χ2v) is 4.80. The lowest BCUT2D eigenvalue weighted by Crippen LogP contribution is -2.20. The minimum Gasteiger partial charge on any atom is -0.488 e. The lowest BCUT2D eigenvalue weighted by molar-refractivity contribution is -0.141. The fourth-order valence-electron chi connectivity index (χ4n) is 2.60. The zero-order chi connectivity index (χ0) is 12.8. The van der Waals surface area contributed by atoms with Crippen LogP contribution in [0.4, 0.5) is 13.2 Å². The maximum atomic E-state index is 12.5. The Bertz CT molecular complexity index is 478. The van der Waals surface area contributed by atoms with E-state index < -0.39 is 11.9 Å². The molecular weight excluding hydrogens is 245 g/mol. The second kappa shape index (κ2) is 4.03. The van der Waals surface area contributed by atoms with Crippen LogP contribution in [0.1, 0.15) is 37.1 Å². The molecule has 6 heteroatoms. The van der Waals surface area contributed by atoms with E-state index in [1.807, 2.05) is 11.2 Å². The molecular formula is C12H13F3N2O. The predicted octanol–water partition coefficient (Wildman–Crippen LogP) is 3.36. The SMILES string of the molecule is FC(F)(F)c1cc(C2=CC3CCCCC3O2)n[nH]1. The summed E-state index contributed by atoms with van der Waals surface area (Å²) in [6, 6.07) is 1.00. The first kappa shape index (κ1) is 11.6. The van der Waals surface area contributed by atoms with Crippen LogP contribution in [0.25, 0.3) is 5.76 Å². The summed E-state index contributed by atoms with van der Waals surface area (Å²) in [7, 11) is 0. The Balaban J connectivity index is 1.81.